The normalized spacial score (nSPS) is 20.9. The average molecular weight is 294 g/mol. The second kappa shape index (κ2) is 4.83. The van der Waals surface area contributed by atoms with Crippen LogP contribution in [0, 0.1) is 18.3 Å². The molecule has 20 heavy (non-hydrogen) atoms. The number of sulfonamides is 1. The second-order valence-corrected chi connectivity index (χ2v) is 8.02. The molecule has 0 radical (unpaired) electrons. The van der Waals surface area contributed by atoms with Crippen molar-refractivity contribution in [3.05, 3.63) is 29.3 Å². The zero-order valence-electron chi connectivity index (χ0n) is 11.9. The van der Waals surface area contributed by atoms with Crippen molar-refractivity contribution in [1.82, 2.24) is 4.72 Å². The minimum atomic E-state index is -3.40. The monoisotopic (exact) mass is 294 g/mol. The fourth-order valence-corrected chi connectivity index (χ4v) is 4.20. The molecule has 0 atom stereocenters. The third-order valence-corrected chi connectivity index (χ3v) is 6.19. The van der Waals surface area contributed by atoms with E-state index in [9.17, 15) is 8.42 Å². The smallest absolute Gasteiger partial charge is 0.240 e. The molecular formula is C15H22N2O2S. The molecule has 0 bridgehead atoms. The fourth-order valence-electron chi connectivity index (χ4n) is 2.97. The van der Waals surface area contributed by atoms with E-state index in [0.717, 1.165) is 17.0 Å². The molecule has 2 saturated carbocycles. The number of rotatable bonds is 6. The summed E-state index contributed by atoms with van der Waals surface area (Å²) in [5.41, 5.74) is 7.80. The highest BCUT2D eigenvalue weighted by atomic mass is 32.2. The summed E-state index contributed by atoms with van der Waals surface area (Å²) in [5, 5.41) is 0. The first kappa shape index (κ1) is 14.0. The van der Waals surface area contributed by atoms with E-state index in [1.807, 2.05) is 6.92 Å². The van der Waals surface area contributed by atoms with Crippen LogP contribution in [0.5, 0.6) is 0 Å². The number of hydrogen-bond donors (Lipinski definition) is 2. The van der Waals surface area contributed by atoms with Crippen LogP contribution >= 0.6 is 0 Å². The van der Waals surface area contributed by atoms with E-state index in [1.54, 1.807) is 18.2 Å². The summed E-state index contributed by atoms with van der Waals surface area (Å²) < 4.78 is 27.5. The summed E-state index contributed by atoms with van der Waals surface area (Å²) in [6, 6.07) is 5.16. The number of aryl methyl sites for hydroxylation is 1. The largest absolute Gasteiger partial charge is 0.326 e. The minimum Gasteiger partial charge on any atom is -0.326 e. The van der Waals surface area contributed by atoms with Crippen molar-refractivity contribution in [3.8, 4) is 0 Å². The molecule has 2 aliphatic carbocycles. The first-order valence-electron chi connectivity index (χ1n) is 7.26. The number of nitrogens with one attached hydrogen (secondary N) is 1. The Labute approximate surface area is 120 Å². The molecule has 5 heteroatoms. The van der Waals surface area contributed by atoms with Gasteiger partial charge in [0.2, 0.25) is 10.0 Å². The standard InChI is InChI=1S/C15H22N2O2S/c1-11-8-14(5-2-12(11)9-16)20(18,19)17-10-15(6-7-15)13-3-4-13/h2,5,8,13,17H,3-4,6-7,9-10,16H2,1H3. The maximum Gasteiger partial charge on any atom is 0.240 e. The lowest BCUT2D eigenvalue weighted by atomic mass is 10.0. The summed E-state index contributed by atoms with van der Waals surface area (Å²) in [4.78, 5) is 0.346. The van der Waals surface area contributed by atoms with Crippen molar-refractivity contribution in [2.75, 3.05) is 6.54 Å². The molecule has 0 spiro atoms. The van der Waals surface area contributed by atoms with Gasteiger partial charge in [-0.25, -0.2) is 13.1 Å². The predicted octanol–water partition coefficient (Wildman–Crippen LogP) is 1.92. The Kier molecular flexibility index (Phi) is 3.39. The molecule has 2 aliphatic rings. The number of hydrogen-bond acceptors (Lipinski definition) is 3. The van der Waals surface area contributed by atoms with E-state index >= 15 is 0 Å². The molecule has 3 N–H and O–H groups in total. The molecule has 0 aliphatic heterocycles. The molecule has 3 rings (SSSR count). The number of nitrogens with two attached hydrogens (primary N) is 1. The Morgan fingerprint density at radius 1 is 1.35 bits per heavy atom. The zero-order valence-corrected chi connectivity index (χ0v) is 12.7. The van der Waals surface area contributed by atoms with Gasteiger partial charge in [-0.05, 0) is 67.2 Å². The number of benzene rings is 1. The van der Waals surface area contributed by atoms with E-state index in [0.29, 0.717) is 18.0 Å². The van der Waals surface area contributed by atoms with Gasteiger partial charge >= 0.3 is 0 Å². The van der Waals surface area contributed by atoms with Crippen LogP contribution in [0.25, 0.3) is 0 Å². The van der Waals surface area contributed by atoms with Crippen molar-refractivity contribution in [3.63, 3.8) is 0 Å². The van der Waals surface area contributed by atoms with Crippen LogP contribution in [0.2, 0.25) is 0 Å². The van der Waals surface area contributed by atoms with Crippen molar-refractivity contribution in [2.24, 2.45) is 17.1 Å². The summed E-state index contributed by atoms with van der Waals surface area (Å²) in [5.74, 6) is 0.756. The molecule has 0 saturated heterocycles. The van der Waals surface area contributed by atoms with Crippen LogP contribution in [-0.4, -0.2) is 15.0 Å². The van der Waals surface area contributed by atoms with Crippen LogP contribution in [0.3, 0.4) is 0 Å². The minimum absolute atomic E-state index is 0.277. The van der Waals surface area contributed by atoms with Gasteiger partial charge in [-0.15, -0.1) is 0 Å². The Bertz CT molecular complexity index is 617. The van der Waals surface area contributed by atoms with E-state index in [4.69, 9.17) is 5.73 Å². The highest BCUT2D eigenvalue weighted by Crippen LogP contribution is 2.60. The third-order valence-electron chi connectivity index (χ3n) is 4.79. The average Bonchev–Trinajstić information content (AvgIpc) is 3.28. The zero-order chi connectivity index (χ0) is 14.4. The Balaban J connectivity index is 1.73. The summed E-state index contributed by atoms with van der Waals surface area (Å²) >= 11 is 0. The lowest BCUT2D eigenvalue weighted by molar-refractivity contribution is 0.432. The Morgan fingerprint density at radius 3 is 2.55 bits per heavy atom. The van der Waals surface area contributed by atoms with Gasteiger partial charge in [0.1, 0.15) is 0 Å². The van der Waals surface area contributed by atoms with Gasteiger partial charge in [0.05, 0.1) is 4.90 Å². The van der Waals surface area contributed by atoms with Crippen molar-refractivity contribution in [2.45, 2.75) is 44.0 Å². The lowest BCUT2D eigenvalue weighted by Crippen LogP contribution is -2.31. The van der Waals surface area contributed by atoms with E-state index < -0.39 is 10.0 Å². The third kappa shape index (κ3) is 2.62. The lowest BCUT2D eigenvalue weighted by Gasteiger charge is -2.15. The van der Waals surface area contributed by atoms with Crippen LogP contribution < -0.4 is 10.5 Å². The molecular weight excluding hydrogens is 272 g/mol. The highest BCUT2D eigenvalue weighted by molar-refractivity contribution is 7.89. The van der Waals surface area contributed by atoms with Gasteiger partial charge in [-0.2, -0.15) is 0 Å². The Morgan fingerprint density at radius 2 is 2.05 bits per heavy atom. The molecule has 1 aromatic carbocycles. The van der Waals surface area contributed by atoms with Gasteiger partial charge in [0.15, 0.2) is 0 Å². The summed E-state index contributed by atoms with van der Waals surface area (Å²) in [6.45, 7) is 2.93. The summed E-state index contributed by atoms with van der Waals surface area (Å²) in [7, 11) is -3.40. The topological polar surface area (TPSA) is 72.2 Å². The first-order chi connectivity index (χ1) is 9.47. The van der Waals surface area contributed by atoms with Gasteiger partial charge in [-0.3, -0.25) is 0 Å². The van der Waals surface area contributed by atoms with Crippen LogP contribution in [0.15, 0.2) is 23.1 Å². The van der Waals surface area contributed by atoms with Crippen molar-refractivity contribution < 1.29 is 8.42 Å². The van der Waals surface area contributed by atoms with Crippen LogP contribution in [0.1, 0.15) is 36.8 Å². The van der Waals surface area contributed by atoms with Crippen molar-refractivity contribution in [1.29, 1.82) is 0 Å². The van der Waals surface area contributed by atoms with Crippen molar-refractivity contribution >= 4 is 10.0 Å². The molecule has 1 aromatic rings. The second-order valence-electron chi connectivity index (χ2n) is 6.25. The maximum atomic E-state index is 12.4. The van der Waals surface area contributed by atoms with Gasteiger partial charge in [0, 0.05) is 13.1 Å². The molecule has 0 unspecified atom stereocenters. The van der Waals surface area contributed by atoms with E-state index in [-0.39, 0.29) is 5.41 Å². The van der Waals surface area contributed by atoms with E-state index in [2.05, 4.69) is 4.72 Å². The molecule has 2 fully saturated rings. The predicted molar refractivity (Wildman–Crippen MR) is 78.6 cm³/mol. The molecule has 4 nitrogen and oxygen atoms in total. The highest BCUT2D eigenvalue weighted by Gasteiger charge is 2.53. The van der Waals surface area contributed by atoms with Gasteiger partial charge in [-0.1, -0.05) is 6.07 Å². The van der Waals surface area contributed by atoms with Gasteiger partial charge in [0.25, 0.3) is 0 Å². The maximum absolute atomic E-state index is 12.4. The quantitative estimate of drug-likeness (QED) is 0.842. The van der Waals surface area contributed by atoms with E-state index in [1.165, 1.54) is 25.7 Å². The summed E-state index contributed by atoms with van der Waals surface area (Å²) in [6.07, 6.45) is 4.88. The first-order valence-corrected chi connectivity index (χ1v) is 8.74. The molecule has 0 amide bonds. The van der Waals surface area contributed by atoms with Crippen LogP contribution in [0.4, 0.5) is 0 Å². The van der Waals surface area contributed by atoms with Crippen LogP contribution in [-0.2, 0) is 16.6 Å². The van der Waals surface area contributed by atoms with Gasteiger partial charge < -0.3 is 5.73 Å². The molecule has 0 heterocycles. The fraction of sp³-hybridized carbons (Fsp3) is 0.600. The Hall–Kier alpha value is -0.910. The SMILES string of the molecule is Cc1cc(S(=O)(=O)NCC2(C3CC3)CC2)ccc1CN. The molecule has 0 aromatic heterocycles. The molecule has 110 valence electrons.